The van der Waals surface area contributed by atoms with Gasteiger partial charge in [-0.25, -0.2) is 4.68 Å². The second-order valence-electron chi connectivity index (χ2n) is 5.79. The number of halogens is 3. The number of hydrogen-bond acceptors (Lipinski definition) is 2. The smallest absolute Gasteiger partial charge is 0.366 e. The van der Waals surface area contributed by atoms with Crippen LogP contribution in [0.15, 0.2) is 54.6 Å². The number of benzene rings is 2. The maximum atomic E-state index is 13.2. The Morgan fingerprint density at radius 3 is 2.19 bits per heavy atom. The summed E-state index contributed by atoms with van der Waals surface area (Å²) in [7, 11) is 0. The Balaban J connectivity index is 2.13. The van der Waals surface area contributed by atoms with Crippen LogP contribution in [0, 0.1) is 0 Å². The van der Waals surface area contributed by atoms with Crippen molar-refractivity contribution in [2.75, 3.05) is 0 Å². The van der Waals surface area contributed by atoms with Crippen molar-refractivity contribution in [1.82, 2.24) is 9.78 Å². The number of nitrogens with zero attached hydrogens (tertiary/aromatic N) is 2. The standard InChI is InChI=1S/C19H16F3N3O/c1-2-12-3-5-13(6-4-12)16-11-17(19(20,21)22)24-25(16)15-9-7-14(8-10-15)18(23)26/h3-11H,2H2,1H3,(H2,23,26). The van der Waals surface area contributed by atoms with E-state index in [0.29, 0.717) is 16.9 Å². The van der Waals surface area contributed by atoms with E-state index in [1.165, 1.54) is 28.9 Å². The van der Waals surface area contributed by atoms with Crippen molar-refractivity contribution in [3.05, 3.63) is 71.4 Å². The lowest BCUT2D eigenvalue weighted by Crippen LogP contribution is -2.11. The van der Waals surface area contributed by atoms with E-state index in [2.05, 4.69) is 5.10 Å². The molecule has 0 aliphatic carbocycles. The molecule has 1 heterocycles. The number of hydrogen-bond donors (Lipinski definition) is 1. The molecule has 0 saturated heterocycles. The summed E-state index contributed by atoms with van der Waals surface area (Å²) in [5.74, 6) is -0.608. The zero-order valence-corrected chi connectivity index (χ0v) is 13.9. The van der Waals surface area contributed by atoms with Crippen LogP contribution in [0.3, 0.4) is 0 Å². The van der Waals surface area contributed by atoms with Crippen LogP contribution in [0.1, 0.15) is 28.5 Å². The van der Waals surface area contributed by atoms with Crippen molar-refractivity contribution >= 4 is 5.91 Å². The summed E-state index contributed by atoms with van der Waals surface area (Å²) >= 11 is 0. The Labute approximate surface area is 148 Å². The Morgan fingerprint density at radius 1 is 1.08 bits per heavy atom. The number of aryl methyl sites for hydroxylation is 1. The van der Waals surface area contributed by atoms with E-state index in [0.717, 1.165) is 18.1 Å². The van der Waals surface area contributed by atoms with Gasteiger partial charge in [0, 0.05) is 11.1 Å². The van der Waals surface area contributed by atoms with Crippen molar-refractivity contribution in [3.8, 4) is 16.9 Å². The van der Waals surface area contributed by atoms with Gasteiger partial charge >= 0.3 is 6.18 Å². The Hall–Kier alpha value is -3.09. The summed E-state index contributed by atoms with van der Waals surface area (Å²) in [6.07, 6.45) is -3.72. The average Bonchev–Trinajstić information content (AvgIpc) is 3.07. The molecule has 1 amide bonds. The maximum Gasteiger partial charge on any atom is 0.435 e. The van der Waals surface area contributed by atoms with Gasteiger partial charge < -0.3 is 5.73 Å². The fourth-order valence-corrected chi connectivity index (χ4v) is 2.60. The molecule has 4 nitrogen and oxygen atoms in total. The van der Waals surface area contributed by atoms with Gasteiger partial charge in [-0.2, -0.15) is 18.3 Å². The number of amides is 1. The van der Waals surface area contributed by atoms with E-state index in [1.807, 2.05) is 19.1 Å². The lowest BCUT2D eigenvalue weighted by Gasteiger charge is -2.09. The molecule has 134 valence electrons. The lowest BCUT2D eigenvalue weighted by molar-refractivity contribution is -0.141. The van der Waals surface area contributed by atoms with Crippen LogP contribution < -0.4 is 5.73 Å². The number of rotatable bonds is 4. The summed E-state index contributed by atoms with van der Waals surface area (Å²) < 4.78 is 40.7. The minimum atomic E-state index is -4.56. The van der Waals surface area contributed by atoms with Crippen LogP contribution in [0.2, 0.25) is 0 Å². The fraction of sp³-hybridized carbons (Fsp3) is 0.158. The largest absolute Gasteiger partial charge is 0.435 e. The van der Waals surface area contributed by atoms with Gasteiger partial charge in [-0.15, -0.1) is 0 Å². The van der Waals surface area contributed by atoms with E-state index < -0.39 is 17.8 Å². The van der Waals surface area contributed by atoms with Gasteiger partial charge in [-0.1, -0.05) is 31.2 Å². The molecule has 0 aliphatic heterocycles. The number of carbonyl (C=O) groups excluding carboxylic acids is 1. The first-order chi connectivity index (χ1) is 12.3. The molecule has 2 N–H and O–H groups in total. The number of alkyl halides is 3. The summed E-state index contributed by atoms with van der Waals surface area (Å²) in [4.78, 5) is 11.2. The van der Waals surface area contributed by atoms with Crippen molar-refractivity contribution < 1.29 is 18.0 Å². The van der Waals surface area contributed by atoms with E-state index >= 15 is 0 Å². The van der Waals surface area contributed by atoms with Crippen molar-refractivity contribution in [1.29, 1.82) is 0 Å². The van der Waals surface area contributed by atoms with Crippen molar-refractivity contribution in [2.24, 2.45) is 5.73 Å². The summed E-state index contributed by atoms with van der Waals surface area (Å²) in [6, 6.07) is 14.2. The molecule has 0 unspecified atom stereocenters. The minimum Gasteiger partial charge on any atom is -0.366 e. The molecule has 26 heavy (non-hydrogen) atoms. The molecule has 0 bridgehead atoms. The van der Waals surface area contributed by atoms with Gasteiger partial charge in [0.2, 0.25) is 5.91 Å². The highest BCUT2D eigenvalue weighted by Gasteiger charge is 2.35. The molecule has 1 aromatic heterocycles. The molecule has 3 aromatic rings. The highest BCUT2D eigenvalue weighted by molar-refractivity contribution is 5.92. The summed E-state index contributed by atoms with van der Waals surface area (Å²) in [5, 5.41) is 3.72. The molecule has 0 saturated carbocycles. The lowest BCUT2D eigenvalue weighted by atomic mass is 10.1. The van der Waals surface area contributed by atoms with Gasteiger partial charge in [0.1, 0.15) is 0 Å². The number of carbonyl (C=O) groups is 1. The third-order valence-corrected chi connectivity index (χ3v) is 4.05. The fourth-order valence-electron chi connectivity index (χ4n) is 2.60. The topological polar surface area (TPSA) is 60.9 Å². The van der Waals surface area contributed by atoms with E-state index in [4.69, 9.17) is 5.73 Å². The monoisotopic (exact) mass is 359 g/mol. The molecule has 2 aromatic carbocycles. The van der Waals surface area contributed by atoms with Gasteiger partial charge in [0.25, 0.3) is 0 Å². The quantitative estimate of drug-likeness (QED) is 0.758. The van der Waals surface area contributed by atoms with E-state index in [1.54, 1.807) is 12.1 Å². The predicted octanol–water partition coefficient (Wildman–Crippen LogP) is 4.22. The number of aromatic nitrogens is 2. The normalized spacial score (nSPS) is 11.5. The first-order valence-electron chi connectivity index (χ1n) is 7.96. The Morgan fingerprint density at radius 2 is 1.69 bits per heavy atom. The van der Waals surface area contributed by atoms with Crippen molar-refractivity contribution in [2.45, 2.75) is 19.5 Å². The van der Waals surface area contributed by atoms with Crippen LogP contribution in [-0.2, 0) is 12.6 Å². The van der Waals surface area contributed by atoms with Gasteiger partial charge in [-0.3, -0.25) is 4.79 Å². The highest BCUT2D eigenvalue weighted by atomic mass is 19.4. The van der Waals surface area contributed by atoms with Crippen LogP contribution in [-0.4, -0.2) is 15.7 Å². The second kappa shape index (κ2) is 6.67. The molecule has 7 heteroatoms. The third-order valence-electron chi connectivity index (χ3n) is 4.05. The maximum absolute atomic E-state index is 13.2. The first kappa shape index (κ1) is 17.7. The highest BCUT2D eigenvalue weighted by Crippen LogP contribution is 2.33. The molecule has 0 atom stereocenters. The molecule has 0 fully saturated rings. The molecule has 0 aliphatic rings. The molecule has 3 rings (SSSR count). The van der Waals surface area contributed by atoms with Gasteiger partial charge in [0.15, 0.2) is 5.69 Å². The third kappa shape index (κ3) is 3.46. The molecular weight excluding hydrogens is 343 g/mol. The van der Waals surface area contributed by atoms with Crippen LogP contribution in [0.5, 0.6) is 0 Å². The summed E-state index contributed by atoms with van der Waals surface area (Å²) in [5.41, 5.74) is 6.91. The molecular formula is C19H16F3N3O. The average molecular weight is 359 g/mol. The SMILES string of the molecule is CCc1ccc(-c2cc(C(F)(F)F)nn2-c2ccc(C(N)=O)cc2)cc1. The first-order valence-corrected chi connectivity index (χ1v) is 7.96. The van der Waals surface area contributed by atoms with Crippen LogP contribution in [0.4, 0.5) is 13.2 Å². The van der Waals surface area contributed by atoms with Gasteiger partial charge in [0.05, 0.1) is 11.4 Å². The number of primary amides is 1. The van der Waals surface area contributed by atoms with Crippen LogP contribution in [0.25, 0.3) is 16.9 Å². The number of nitrogens with two attached hydrogens (primary N) is 1. The van der Waals surface area contributed by atoms with Gasteiger partial charge in [-0.05, 0) is 42.3 Å². The second-order valence-corrected chi connectivity index (χ2v) is 5.79. The predicted molar refractivity (Wildman–Crippen MR) is 91.9 cm³/mol. The minimum absolute atomic E-state index is 0.269. The van der Waals surface area contributed by atoms with E-state index in [-0.39, 0.29) is 5.56 Å². The van der Waals surface area contributed by atoms with E-state index in [9.17, 15) is 18.0 Å². The zero-order chi connectivity index (χ0) is 18.9. The Bertz CT molecular complexity index is 926. The zero-order valence-electron chi connectivity index (χ0n) is 13.9. The molecule has 0 spiro atoms. The van der Waals surface area contributed by atoms with Crippen LogP contribution >= 0.6 is 0 Å². The molecule has 0 radical (unpaired) electrons. The summed E-state index contributed by atoms with van der Waals surface area (Å²) in [6.45, 7) is 2.00. The van der Waals surface area contributed by atoms with Crippen molar-refractivity contribution in [3.63, 3.8) is 0 Å². The Kier molecular flexibility index (Phi) is 4.54.